The summed E-state index contributed by atoms with van der Waals surface area (Å²) in [5, 5.41) is 9.20. The Balaban J connectivity index is 2.03. The molecule has 0 saturated carbocycles. The Labute approximate surface area is 190 Å². The summed E-state index contributed by atoms with van der Waals surface area (Å²) in [6, 6.07) is 18.6. The van der Waals surface area contributed by atoms with E-state index in [1.54, 1.807) is 24.3 Å². The minimum atomic E-state index is -4.56. The van der Waals surface area contributed by atoms with Crippen molar-refractivity contribution in [3.8, 4) is 5.75 Å². The molecule has 0 spiro atoms. The summed E-state index contributed by atoms with van der Waals surface area (Å²) >= 11 is 0. The molecule has 0 bridgehead atoms. The van der Waals surface area contributed by atoms with Crippen LogP contribution in [0.15, 0.2) is 79.4 Å². The van der Waals surface area contributed by atoms with Crippen LogP contribution in [0.3, 0.4) is 0 Å². The average Bonchev–Trinajstić information content (AvgIpc) is 2.79. The smallest absolute Gasteiger partial charge is 0.419 e. The van der Waals surface area contributed by atoms with Gasteiger partial charge >= 0.3 is 12.1 Å². The Hall–Kier alpha value is -3.74. The Kier molecular flexibility index (Phi) is 7.11. The van der Waals surface area contributed by atoms with Crippen LogP contribution in [0.2, 0.25) is 0 Å². The fourth-order valence-electron chi connectivity index (χ4n) is 3.48. The molecule has 0 radical (unpaired) electrons. The maximum atomic E-state index is 13.4. The van der Waals surface area contributed by atoms with Crippen LogP contribution in [-0.2, 0) is 6.18 Å². The summed E-state index contributed by atoms with van der Waals surface area (Å²) in [6.07, 6.45) is -3.80. The van der Waals surface area contributed by atoms with E-state index in [1.807, 2.05) is 30.9 Å². The summed E-state index contributed by atoms with van der Waals surface area (Å²) in [4.78, 5) is 13.2. The van der Waals surface area contributed by atoms with Crippen molar-refractivity contribution in [2.45, 2.75) is 32.5 Å². The van der Waals surface area contributed by atoms with Gasteiger partial charge < -0.3 is 14.7 Å². The second-order valence-corrected chi connectivity index (χ2v) is 7.52. The van der Waals surface area contributed by atoms with Crippen molar-refractivity contribution in [1.82, 2.24) is 0 Å². The van der Waals surface area contributed by atoms with Gasteiger partial charge in [-0.05, 0) is 61.9 Å². The molecule has 0 aromatic heterocycles. The van der Waals surface area contributed by atoms with E-state index in [-0.39, 0.29) is 23.1 Å². The fourth-order valence-corrected chi connectivity index (χ4v) is 3.48. The number of nitrogens with zero attached hydrogens (tertiary/aromatic N) is 1. The van der Waals surface area contributed by atoms with E-state index in [0.717, 1.165) is 18.2 Å². The highest BCUT2D eigenvalue weighted by atomic mass is 19.4. The molecule has 1 unspecified atom stereocenters. The number of hydrogen-bond acceptors (Lipinski definition) is 3. The highest BCUT2D eigenvalue weighted by Gasteiger charge is 2.34. The molecule has 172 valence electrons. The van der Waals surface area contributed by atoms with E-state index in [0.29, 0.717) is 11.3 Å². The Morgan fingerprint density at radius 3 is 2.24 bits per heavy atom. The molecule has 3 aromatic rings. The van der Waals surface area contributed by atoms with Gasteiger partial charge in [0.1, 0.15) is 11.5 Å². The molecule has 7 heteroatoms. The van der Waals surface area contributed by atoms with Crippen LogP contribution in [0.1, 0.15) is 41.8 Å². The van der Waals surface area contributed by atoms with Gasteiger partial charge in [-0.2, -0.15) is 13.2 Å². The molecule has 0 amide bonds. The van der Waals surface area contributed by atoms with Crippen LogP contribution in [0.25, 0.3) is 5.76 Å². The van der Waals surface area contributed by atoms with Crippen molar-refractivity contribution in [2.75, 3.05) is 4.90 Å². The van der Waals surface area contributed by atoms with Crippen LogP contribution in [0.4, 0.5) is 24.5 Å². The van der Waals surface area contributed by atoms with Crippen LogP contribution < -0.4 is 9.64 Å². The Bertz CT molecular complexity index is 1140. The monoisotopic (exact) mass is 455 g/mol. The molecule has 4 nitrogen and oxygen atoms in total. The van der Waals surface area contributed by atoms with Crippen molar-refractivity contribution in [1.29, 1.82) is 0 Å². The molecule has 0 heterocycles. The van der Waals surface area contributed by atoms with Gasteiger partial charge in [-0.15, -0.1) is 0 Å². The lowest BCUT2D eigenvalue weighted by molar-refractivity contribution is -0.138. The summed E-state index contributed by atoms with van der Waals surface area (Å²) in [6.45, 7) is 7.92. The highest BCUT2D eigenvalue weighted by Crippen LogP contribution is 2.39. The van der Waals surface area contributed by atoms with Gasteiger partial charge in [-0.25, -0.2) is 4.79 Å². The molecule has 1 atom stereocenters. The second kappa shape index (κ2) is 9.81. The normalized spacial score (nSPS) is 12.2. The third-order valence-electron chi connectivity index (χ3n) is 5.31. The van der Waals surface area contributed by atoms with Gasteiger partial charge in [0.05, 0.1) is 16.8 Å². The summed E-state index contributed by atoms with van der Waals surface area (Å²) < 4.78 is 45.9. The third kappa shape index (κ3) is 5.37. The first-order valence-corrected chi connectivity index (χ1v) is 10.4. The lowest BCUT2D eigenvalue weighted by atomic mass is 10.1. The van der Waals surface area contributed by atoms with Crippen LogP contribution in [0, 0.1) is 0 Å². The molecule has 0 fully saturated rings. The molecule has 3 aromatic carbocycles. The number of carbonyl (C=O) groups is 1. The topological polar surface area (TPSA) is 49.8 Å². The van der Waals surface area contributed by atoms with Gasteiger partial charge in [-0.3, -0.25) is 0 Å². The maximum absolute atomic E-state index is 13.4. The van der Waals surface area contributed by atoms with E-state index in [1.165, 1.54) is 30.3 Å². The van der Waals surface area contributed by atoms with Crippen LogP contribution >= 0.6 is 0 Å². The van der Waals surface area contributed by atoms with Crippen molar-refractivity contribution in [2.24, 2.45) is 0 Å². The molecule has 0 aliphatic heterocycles. The van der Waals surface area contributed by atoms with Gasteiger partial charge in [0, 0.05) is 17.3 Å². The number of rotatable bonds is 8. The van der Waals surface area contributed by atoms with Gasteiger partial charge in [0.15, 0.2) is 0 Å². The van der Waals surface area contributed by atoms with Crippen molar-refractivity contribution >= 4 is 23.1 Å². The molecule has 33 heavy (non-hydrogen) atoms. The quantitative estimate of drug-likeness (QED) is 0.360. The minimum absolute atomic E-state index is 0.00269. The number of aromatic carboxylic acids is 1. The summed E-state index contributed by atoms with van der Waals surface area (Å²) in [5.74, 6) is -1.29. The van der Waals surface area contributed by atoms with E-state index < -0.39 is 17.7 Å². The SMILES string of the molecule is C=C(Oc1ccccc1C(F)(F)F)c1ccccc1N(c1ccc(C(=O)O)cc1)C(C)CC. The number of carboxylic acid groups (broad SMARTS) is 1. The van der Waals surface area contributed by atoms with Crippen molar-refractivity contribution in [3.05, 3.63) is 96.1 Å². The van der Waals surface area contributed by atoms with E-state index in [2.05, 4.69) is 6.58 Å². The van der Waals surface area contributed by atoms with E-state index >= 15 is 0 Å². The number of alkyl halides is 3. The first kappa shape index (κ1) is 23.9. The maximum Gasteiger partial charge on any atom is 0.419 e. The number of halogens is 3. The number of para-hydroxylation sites is 2. The zero-order valence-electron chi connectivity index (χ0n) is 18.3. The molecule has 0 aliphatic carbocycles. The standard InChI is InChI=1S/C26H24F3NO3/c1-4-17(2)30(20-15-13-19(14-16-20)25(31)32)23-11-7-5-9-21(23)18(3)33-24-12-8-6-10-22(24)26(27,28)29/h5-17H,3-4H2,1-2H3,(H,31,32). The van der Waals surface area contributed by atoms with E-state index in [4.69, 9.17) is 4.74 Å². The molecule has 3 rings (SSSR count). The number of carboxylic acids is 1. The van der Waals surface area contributed by atoms with Gasteiger partial charge in [0.25, 0.3) is 0 Å². The van der Waals surface area contributed by atoms with Crippen LogP contribution in [-0.4, -0.2) is 17.1 Å². The number of benzene rings is 3. The zero-order valence-corrected chi connectivity index (χ0v) is 18.3. The highest BCUT2D eigenvalue weighted by molar-refractivity contribution is 5.88. The lowest BCUT2D eigenvalue weighted by Gasteiger charge is -2.33. The molecule has 1 N–H and O–H groups in total. The summed E-state index contributed by atoms with van der Waals surface area (Å²) in [7, 11) is 0. The number of anilines is 2. The predicted octanol–water partition coefficient (Wildman–Crippen LogP) is 7.39. The molecular formula is C26H24F3NO3. The summed E-state index contributed by atoms with van der Waals surface area (Å²) in [5.41, 5.74) is 1.23. The zero-order chi connectivity index (χ0) is 24.2. The van der Waals surface area contributed by atoms with Crippen molar-refractivity contribution < 1.29 is 27.8 Å². The second-order valence-electron chi connectivity index (χ2n) is 7.52. The lowest BCUT2D eigenvalue weighted by Crippen LogP contribution is -2.28. The number of ether oxygens (including phenoxy) is 1. The molecule has 0 aliphatic rings. The van der Waals surface area contributed by atoms with Gasteiger partial charge in [-0.1, -0.05) is 37.8 Å². The van der Waals surface area contributed by atoms with Crippen molar-refractivity contribution in [3.63, 3.8) is 0 Å². The average molecular weight is 455 g/mol. The van der Waals surface area contributed by atoms with Crippen LogP contribution in [0.5, 0.6) is 5.75 Å². The van der Waals surface area contributed by atoms with E-state index in [9.17, 15) is 23.1 Å². The first-order valence-electron chi connectivity index (χ1n) is 10.4. The largest absolute Gasteiger partial charge is 0.478 e. The predicted molar refractivity (Wildman–Crippen MR) is 123 cm³/mol. The molecular weight excluding hydrogens is 431 g/mol. The van der Waals surface area contributed by atoms with Gasteiger partial charge in [0.2, 0.25) is 0 Å². The fraction of sp³-hybridized carbons (Fsp3) is 0.192. The minimum Gasteiger partial charge on any atom is -0.478 e. The third-order valence-corrected chi connectivity index (χ3v) is 5.31. The first-order chi connectivity index (χ1) is 15.6. The molecule has 0 saturated heterocycles. The Morgan fingerprint density at radius 1 is 1.03 bits per heavy atom. The Morgan fingerprint density at radius 2 is 1.64 bits per heavy atom. The number of hydrogen-bond donors (Lipinski definition) is 1.